The maximum atomic E-state index is 11.6. The van der Waals surface area contributed by atoms with E-state index in [1.54, 1.807) is 0 Å². The highest BCUT2D eigenvalue weighted by Gasteiger charge is 2.27. The molecule has 1 rings (SSSR count). The summed E-state index contributed by atoms with van der Waals surface area (Å²) in [5.41, 5.74) is 5.18. The van der Waals surface area contributed by atoms with E-state index < -0.39 is 25.5 Å². The Morgan fingerprint density at radius 1 is 1.53 bits per heavy atom. The number of anilines is 1. The third-order valence-electron chi connectivity index (χ3n) is 1.41. The van der Waals surface area contributed by atoms with E-state index >= 15 is 0 Å². The van der Waals surface area contributed by atoms with Crippen LogP contribution in [0.4, 0.5) is 19.1 Å². The van der Waals surface area contributed by atoms with Crippen molar-refractivity contribution in [3.8, 4) is 0 Å². The Morgan fingerprint density at radius 2 is 2.24 bits per heavy atom. The van der Waals surface area contributed by atoms with Crippen LogP contribution in [0.3, 0.4) is 0 Å². The van der Waals surface area contributed by atoms with Gasteiger partial charge in [-0.1, -0.05) is 0 Å². The molecule has 0 saturated carbocycles. The zero-order chi connectivity index (χ0) is 12.9. The number of hydrogen-bond donors (Lipinski definition) is 1. The second kappa shape index (κ2) is 5.48. The Labute approximate surface area is 93.3 Å². The molecule has 1 heterocycles. The maximum absolute atomic E-state index is 11.6. The second-order valence-corrected chi connectivity index (χ2v) is 2.90. The average molecular weight is 254 g/mol. The molecule has 0 spiro atoms. The van der Waals surface area contributed by atoms with E-state index in [0.717, 1.165) is 4.68 Å². The number of nitrogen functional groups attached to an aromatic ring is 1. The normalized spacial score (nSPS) is 11.5. The third-order valence-corrected chi connectivity index (χ3v) is 1.41. The first-order valence-electron chi connectivity index (χ1n) is 4.32. The zero-order valence-electron chi connectivity index (χ0n) is 8.48. The minimum Gasteiger partial charge on any atom is -0.437 e. The number of hydrogen-bond acceptors (Lipinski definition) is 6. The van der Waals surface area contributed by atoms with Crippen LogP contribution in [0.25, 0.3) is 0 Å². The second-order valence-electron chi connectivity index (χ2n) is 2.90. The lowest BCUT2D eigenvalue weighted by atomic mass is 10.7. The molecule has 0 aliphatic heterocycles. The van der Waals surface area contributed by atoms with Crippen LogP contribution in [0.5, 0.6) is 0 Å². The third kappa shape index (κ3) is 5.70. The van der Waals surface area contributed by atoms with Gasteiger partial charge in [0.2, 0.25) is 5.95 Å². The molecule has 0 atom stereocenters. The molecule has 1 aromatic rings. The summed E-state index contributed by atoms with van der Waals surface area (Å²) in [6, 6.07) is 0. The van der Waals surface area contributed by atoms with Crippen LogP contribution in [0.15, 0.2) is 6.33 Å². The molecule has 0 aliphatic carbocycles. The zero-order valence-corrected chi connectivity index (χ0v) is 8.48. The Morgan fingerprint density at radius 3 is 2.76 bits per heavy atom. The van der Waals surface area contributed by atoms with Gasteiger partial charge in [-0.25, -0.2) is 14.5 Å². The number of nitrogens with two attached hydrogens (primary N) is 1. The van der Waals surface area contributed by atoms with E-state index in [2.05, 4.69) is 19.6 Å². The predicted molar refractivity (Wildman–Crippen MR) is 47.4 cm³/mol. The number of nitrogens with zero attached hydrogens (tertiary/aromatic N) is 3. The summed E-state index contributed by atoms with van der Waals surface area (Å²) in [6.45, 7) is -2.56. The summed E-state index contributed by atoms with van der Waals surface area (Å²) >= 11 is 0. The van der Waals surface area contributed by atoms with Crippen molar-refractivity contribution in [2.75, 3.05) is 19.1 Å². The van der Waals surface area contributed by atoms with Crippen molar-refractivity contribution in [1.29, 1.82) is 0 Å². The summed E-state index contributed by atoms with van der Waals surface area (Å²) in [5, 5.41) is 3.58. The van der Waals surface area contributed by atoms with E-state index in [0.29, 0.717) is 0 Å². The molecule has 0 saturated heterocycles. The number of alkyl halides is 3. The first-order valence-corrected chi connectivity index (χ1v) is 4.32. The van der Waals surface area contributed by atoms with Gasteiger partial charge >= 0.3 is 12.1 Å². The van der Waals surface area contributed by atoms with Crippen molar-refractivity contribution in [1.82, 2.24) is 14.8 Å². The average Bonchev–Trinajstić information content (AvgIpc) is 2.57. The lowest BCUT2D eigenvalue weighted by Gasteiger charge is -2.08. The topological polar surface area (TPSA) is 92.3 Å². The number of carbonyl (C=O) groups is 1. The highest BCUT2D eigenvalue weighted by molar-refractivity contribution is 5.68. The lowest BCUT2D eigenvalue weighted by Crippen LogP contribution is -2.21. The van der Waals surface area contributed by atoms with E-state index in [4.69, 9.17) is 5.73 Å². The van der Waals surface area contributed by atoms with Crippen LogP contribution in [0.1, 0.15) is 0 Å². The number of halogens is 3. The van der Waals surface area contributed by atoms with Gasteiger partial charge in [0, 0.05) is 0 Å². The number of aromatic nitrogens is 3. The predicted octanol–water partition coefficient (Wildman–Crippen LogP) is -0.0601. The van der Waals surface area contributed by atoms with Crippen LogP contribution in [-0.2, 0) is 20.8 Å². The van der Waals surface area contributed by atoms with Crippen LogP contribution in [0, 0.1) is 0 Å². The molecular weight excluding hydrogens is 245 g/mol. The van der Waals surface area contributed by atoms with Crippen LogP contribution in [0.2, 0.25) is 0 Å². The minimum atomic E-state index is -4.45. The van der Waals surface area contributed by atoms with Gasteiger partial charge in [0.15, 0.2) is 6.79 Å². The maximum Gasteiger partial charge on any atom is 0.411 e. The summed E-state index contributed by atoms with van der Waals surface area (Å²) in [4.78, 5) is 14.6. The van der Waals surface area contributed by atoms with Gasteiger partial charge in [-0.3, -0.25) is 0 Å². The Bertz CT molecular complexity index is 379. The SMILES string of the molecule is Nc1ncn(CC(=O)OCOCC(F)(F)F)n1. The van der Waals surface area contributed by atoms with Gasteiger partial charge in [0.05, 0.1) is 0 Å². The highest BCUT2D eigenvalue weighted by Crippen LogP contribution is 2.14. The lowest BCUT2D eigenvalue weighted by molar-refractivity contribution is -0.200. The van der Waals surface area contributed by atoms with Gasteiger partial charge in [0.1, 0.15) is 19.5 Å². The summed E-state index contributed by atoms with van der Waals surface area (Å²) in [5.74, 6) is -0.830. The molecule has 0 amide bonds. The molecule has 17 heavy (non-hydrogen) atoms. The molecule has 0 radical (unpaired) electrons. The van der Waals surface area contributed by atoms with Gasteiger partial charge in [-0.2, -0.15) is 13.2 Å². The van der Waals surface area contributed by atoms with E-state index in [1.165, 1.54) is 6.33 Å². The van der Waals surface area contributed by atoms with Crippen molar-refractivity contribution in [3.63, 3.8) is 0 Å². The Kier molecular flexibility index (Phi) is 4.26. The summed E-state index contributed by atoms with van der Waals surface area (Å²) in [6.07, 6.45) is -3.26. The fourth-order valence-corrected chi connectivity index (χ4v) is 0.828. The molecule has 0 aliphatic rings. The molecule has 0 unspecified atom stereocenters. The van der Waals surface area contributed by atoms with Crippen LogP contribution in [-0.4, -0.2) is 40.3 Å². The number of esters is 1. The molecule has 0 fully saturated rings. The monoisotopic (exact) mass is 254 g/mol. The molecule has 1 aromatic heterocycles. The van der Waals surface area contributed by atoms with Gasteiger partial charge in [0.25, 0.3) is 0 Å². The molecule has 96 valence electrons. The molecule has 0 aromatic carbocycles. The number of carbonyl (C=O) groups excluding carboxylic acids is 1. The number of ether oxygens (including phenoxy) is 2. The highest BCUT2D eigenvalue weighted by atomic mass is 19.4. The van der Waals surface area contributed by atoms with Gasteiger partial charge < -0.3 is 15.2 Å². The van der Waals surface area contributed by atoms with Crippen LogP contribution >= 0.6 is 0 Å². The smallest absolute Gasteiger partial charge is 0.411 e. The van der Waals surface area contributed by atoms with Crippen molar-refractivity contribution in [2.24, 2.45) is 0 Å². The van der Waals surface area contributed by atoms with Crippen molar-refractivity contribution >= 4 is 11.9 Å². The van der Waals surface area contributed by atoms with E-state index in [1.807, 2.05) is 0 Å². The van der Waals surface area contributed by atoms with Gasteiger partial charge in [-0.05, 0) is 0 Å². The molecule has 10 heteroatoms. The summed E-state index contributed by atoms with van der Waals surface area (Å²) < 4.78 is 44.4. The standard InChI is InChI=1S/C7H9F3N4O3/c8-7(9,10)2-16-4-17-5(15)1-14-3-12-6(11)13-14/h3H,1-2,4H2,(H2,11,13). The van der Waals surface area contributed by atoms with Gasteiger partial charge in [-0.15, -0.1) is 5.10 Å². The van der Waals surface area contributed by atoms with Crippen LogP contribution < -0.4 is 5.73 Å². The minimum absolute atomic E-state index is 0.0221. The van der Waals surface area contributed by atoms with Crippen molar-refractivity contribution in [3.05, 3.63) is 6.33 Å². The van der Waals surface area contributed by atoms with E-state index in [9.17, 15) is 18.0 Å². The fourth-order valence-electron chi connectivity index (χ4n) is 0.828. The molecule has 2 N–H and O–H groups in total. The molecule has 0 bridgehead atoms. The number of rotatable bonds is 5. The van der Waals surface area contributed by atoms with Crippen molar-refractivity contribution in [2.45, 2.75) is 12.7 Å². The first kappa shape index (κ1) is 13.2. The molecular formula is C7H9F3N4O3. The largest absolute Gasteiger partial charge is 0.437 e. The molecule has 7 nitrogen and oxygen atoms in total. The summed E-state index contributed by atoms with van der Waals surface area (Å²) in [7, 11) is 0. The van der Waals surface area contributed by atoms with Crippen molar-refractivity contribution < 1.29 is 27.4 Å². The Hall–Kier alpha value is -1.84. The fraction of sp³-hybridized carbons (Fsp3) is 0.571. The Balaban J connectivity index is 2.18. The first-order chi connectivity index (χ1) is 7.87. The van der Waals surface area contributed by atoms with E-state index in [-0.39, 0.29) is 12.5 Å². The quantitative estimate of drug-likeness (QED) is 0.449.